The highest BCUT2D eigenvalue weighted by Crippen LogP contribution is 2.39. The number of hydrogen-bond donors (Lipinski definition) is 3. The predicted octanol–water partition coefficient (Wildman–Crippen LogP) is 0.757. The zero-order chi connectivity index (χ0) is 14.4. The Morgan fingerprint density at radius 2 is 2.29 bits per heavy atom. The second-order valence-electron chi connectivity index (χ2n) is 5.51. The van der Waals surface area contributed by atoms with E-state index in [0.29, 0.717) is 23.9 Å². The third kappa shape index (κ3) is 2.34. The third-order valence-electron chi connectivity index (χ3n) is 3.92. The van der Waals surface area contributed by atoms with Gasteiger partial charge >= 0.3 is 7.12 Å². The van der Waals surface area contributed by atoms with E-state index >= 15 is 0 Å². The molecule has 21 heavy (non-hydrogen) atoms. The van der Waals surface area contributed by atoms with Crippen molar-refractivity contribution in [1.82, 2.24) is 10.2 Å². The molecule has 4 rings (SSSR count). The lowest BCUT2D eigenvalue weighted by Gasteiger charge is -2.04. The van der Waals surface area contributed by atoms with E-state index in [-0.39, 0.29) is 5.91 Å². The number of anilines is 1. The van der Waals surface area contributed by atoms with Gasteiger partial charge in [0.15, 0.2) is 5.82 Å². The first kappa shape index (κ1) is 12.6. The molecule has 2 heterocycles. The molecule has 106 valence electrons. The van der Waals surface area contributed by atoms with Crippen molar-refractivity contribution >= 4 is 24.3 Å². The zero-order valence-corrected chi connectivity index (χ0v) is 11.3. The highest BCUT2D eigenvalue weighted by molar-refractivity contribution is 6.61. The number of H-pyrrole nitrogens is 1. The zero-order valence-electron chi connectivity index (χ0n) is 11.3. The fourth-order valence-corrected chi connectivity index (χ4v) is 2.56. The third-order valence-corrected chi connectivity index (χ3v) is 3.92. The number of benzene rings is 1. The molecular weight excluding hydrogens is 269 g/mol. The van der Waals surface area contributed by atoms with Crippen LogP contribution in [0.4, 0.5) is 5.82 Å². The standard InChI is InChI=1S/C14H14BN3O3/c19-14(16-13-6-12(17-18-13)8-1-2-8)9-3-4-11-10(5-9)7-21-15(11)20/h3-6,8,20H,1-2,7H2,(H2,16,17,18,19). The Bertz CT molecular complexity index is 711. The summed E-state index contributed by atoms with van der Waals surface area (Å²) in [6.07, 6.45) is 2.37. The molecule has 0 unspecified atom stereocenters. The first-order valence-corrected chi connectivity index (χ1v) is 7.00. The van der Waals surface area contributed by atoms with Crippen LogP contribution in [0.2, 0.25) is 0 Å². The van der Waals surface area contributed by atoms with Gasteiger partial charge in [-0.15, -0.1) is 0 Å². The van der Waals surface area contributed by atoms with Gasteiger partial charge < -0.3 is 15.0 Å². The van der Waals surface area contributed by atoms with Gasteiger partial charge in [-0.3, -0.25) is 9.89 Å². The van der Waals surface area contributed by atoms with Gasteiger partial charge in [0, 0.05) is 23.2 Å². The molecule has 0 bridgehead atoms. The van der Waals surface area contributed by atoms with E-state index < -0.39 is 7.12 Å². The van der Waals surface area contributed by atoms with E-state index in [0.717, 1.165) is 16.7 Å². The summed E-state index contributed by atoms with van der Waals surface area (Å²) < 4.78 is 5.12. The number of hydrogen-bond acceptors (Lipinski definition) is 4. The number of nitrogens with zero attached hydrogens (tertiary/aromatic N) is 1. The fraction of sp³-hybridized carbons (Fsp3) is 0.286. The molecule has 1 aliphatic heterocycles. The first-order valence-electron chi connectivity index (χ1n) is 7.00. The van der Waals surface area contributed by atoms with Crippen molar-refractivity contribution in [2.75, 3.05) is 5.32 Å². The number of carbonyl (C=O) groups is 1. The van der Waals surface area contributed by atoms with Crippen LogP contribution in [0.3, 0.4) is 0 Å². The van der Waals surface area contributed by atoms with Crippen molar-refractivity contribution in [3.05, 3.63) is 41.1 Å². The van der Waals surface area contributed by atoms with Crippen LogP contribution in [0.25, 0.3) is 0 Å². The Kier molecular flexibility index (Phi) is 2.83. The van der Waals surface area contributed by atoms with Gasteiger partial charge in [0.05, 0.1) is 6.61 Å². The Morgan fingerprint density at radius 3 is 3.10 bits per heavy atom. The fourth-order valence-electron chi connectivity index (χ4n) is 2.56. The number of nitrogens with one attached hydrogen (secondary N) is 2. The molecule has 7 heteroatoms. The monoisotopic (exact) mass is 283 g/mol. The van der Waals surface area contributed by atoms with Crippen LogP contribution >= 0.6 is 0 Å². The van der Waals surface area contributed by atoms with Gasteiger partial charge in [0.1, 0.15) is 0 Å². The summed E-state index contributed by atoms with van der Waals surface area (Å²) in [7, 11) is -0.885. The molecule has 1 aromatic heterocycles. The van der Waals surface area contributed by atoms with Crippen molar-refractivity contribution in [1.29, 1.82) is 0 Å². The summed E-state index contributed by atoms with van der Waals surface area (Å²) in [5, 5.41) is 19.4. The quantitative estimate of drug-likeness (QED) is 0.726. The second-order valence-corrected chi connectivity index (χ2v) is 5.51. The predicted molar refractivity (Wildman–Crippen MR) is 77.4 cm³/mol. The normalized spacial score (nSPS) is 16.9. The molecular formula is C14H14BN3O3. The molecule has 1 saturated carbocycles. The molecule has 2 aromatic rings. The van der Waals surface area contributed by atoms with Gasteiger partial charge in [0.2, 0.25) is 0 Å². The Balaban J connectivity index is 1.51. The summed E-state index contributed by atoms with van der Waals surface area (Å²) in [4.78, 5) is 12.2. The van der Waals surface area contributed by atoms with Crippen LogP contribution in [0.15, 0.2) is 24.3 Å². The molecule has 0 radical (unpaired) electrons. The highest BCUT2D eigenvalue weighted by atomic mass is 16.5. The maximum Gasteiger partial charge on any atom is 0.491 e. The summed E-state index contributed by atoms with van der Waals surface area (Å²) in [6, 6.07) is 7.04. The molecule has 0 spiro atoms. The minimum absolute atomic E-state index is 0.215. The average Bonchev–Trinajstić information content (AvgIpc) is 3.14. The topological polar surface area (TPSA) is 87.2 Å². The van der Waals surface area contributed by atoms with Crippen LogP contribution in [0.1, 0.15) is 40.4 Å². The van der Waals surface area contributed by atoms with Crippen LogP contribution in [-0.2, 0) is 11.3 Å². The van der Waals surface area contributed by atoms with Crippen molar-refractivity contribution in [2.45, 2.75) is 25.4 Å². The minimum atomic E-state index is -0.885. The number of carbonyl (C=O) groups excluding carboxylic acids is 1. The van der Waals surface area contributed by atoms with Crippen LogP contribution in [0.5, 0.6) is 0 Å². The number of aromatic nitrogens is 2. The van der Waals surface area contributed by atoms with Gasteiger partial charge in [-0.1, -0.05) is 6.07 Å². The number of amides is 1. The molecule has 3 N–H and O–H groups in total. The van der Waals surface area contributed by atoms with E-state index in [2.05, 4.69) is 15.5 Å². The molecule has 6 nitrogen and oxygen atoms in total. The molecule has 1 aliphatic carbocycles. The molecule has 2 aliphatic rings. The molecule has 1 amide bonds. The lowest BCUT2D eigenvalue weighted by molar-refractivity contribution is 0.102. The van der Waals surface area contributed by atoms with Crippen molar-refractivity contribution in [3.8, 4) is 0 Å². The van der Waals surface area contributed by atoms with Crippen molar-refractivity contribution in [3.63, 3.8) is 0 Å². The number of fused-ring (bicyclic) bond motifs is 1. The lowest BCUT2D eigenvalue weighted by Crippen LogP contribution is -2.28. The summed E-state index contributed by atoms with van der Waals surface area (Å²) in [6.45, 7) is 0.325. The van der Waals surface area contributed by atoms with Gasteiger partial charge in [-0.25, -0.2) is 0 Å². The lowest BCUT2D eigenvalue weighted by atomic mass is 9.79. The molecule has 0 saturated heterocycles. The molecule has 1 aromatic carbocycles. The van der Waals surface area contributed by atoms with Crippen LogP contribution in [0, 0.1) is 0 Å². The van der Waals surface area contributed by atoms with Gasteiger partial charge in [0.25, 0.3) is 5.91 Å². The maximum atomic E-state index is 12.2. The van der Waals surface area contributed by atoms with Crippen LogP contribution < -0.4 is 10.8 Å². The van der Waals surface area contributed by atoms with E-state index in [4.69, 9.17) is 4.65 Å². The smallest absolute Gasteiger partial charge is 0.423 e. The molecule has 1 fully saturated rings. The minimum Gasteiger partial charge on any atom is -0.423 e. The van der Waals surface area contributed by atoms with Crippen molar-refractivity contribution in [2.24, 2.45) is 0 Å². The number of rotatable bonds is 3. The summed E-state index contributed by atoms with van der Waals surface area (Å²) >= 11 is 0. The highest BCUT2D eigenvalue weighted by Gasteiger charge is 2.28. The van der Waals surface area contributed by atoms with E-state index in [1.807, 2.05) is 6.07 Å². The number of aromatic amines is 1. The second kappa shape index (κ2) is 4.72. The van der Waals surface area contributed by atoms with Gasteiger partial charge in [-0.2, -0.15) is 5.10 Å². The summed E-state index contributed by atoms with van der Waals surface area (Å²) in [5.41, 5.74) is 3.18. The Labute approximate surface area is 121 Å². The van der Waals surface area contributed by atoms with Crippen LogP contribution in [-0.4, -0.2) is 28.2 Å². The molecule has 0 atom stereocenters. The van der Waals surface area contributed by atoms with E-state index in [1.54, 1.807) is 18.2 Å². The largest absolute Gasteiger partial charge is 0.491 e. The van der Waals surface area contributed by atoms with Crippen molar-refractivity contribution < 1.29 is 14.5 Å². The van der Waals surface area contributed by atoms with E-state index in [9.17, 15) is 9.82 Å². The maximum absolute atomic E-state index is 12.2. The first-order chi connectivity index (χ1) is 10.2. The average molecular weight is 283 g/mol. The van der Waals surface area contributed by atoms with E-state index in [1.165, 1.54) is 12.8 Å². The Hall–Kier alpha value is -2.12. The van der Waals surface area contributed by atoms with Gasteiger partial charge in [-0.05, 0) is 36.0 Å². The Morgan fingerprint density at radius 1 is 1.43 bits per heavy atom. The SMILES string of the molecule is O=C(Nc1cc(C2CC2)[nH]n1)c1ccc2c(c1)COB2O. The summed E-state index contributed by atoms with van der Waals surface area (Å²) in [5.74, 6) is 0.897.